The van der Waals surface area contributed by atoms with E-state index in [0.717, 1.165) is 49.8 Å². The number of nitrogens with two attached hydrogens (primary N) is 1. The number of carbonyl (C=O) groups excluding carboxylic acids is 1. The average molecular weight is 480 g/mol. The summed E-state index contributed by atoms with van der Waals surface area (Å²) < 4.78 is 11.0. The van der Waals surface area contributed by atoms with Crippen molar-refractivity contribution in [1.29, 1.82) is 0 Å². The Kier molecular flexibility index (Phi) is 9.40. The zero-order valence-corrected chi connectivity index (χ0v) is 20.0. The number of likely N-dealkylation sites (tertiary alicyclic amines) is 1. The molecule has 0 bridgehead atoms. The molecule has 1 saturated heterocycles. The SMILES string of the molecule is COc1cc(N)c(Cl)cc1C(=O)NC1CCN(CCCCSc2ncccn2)CC1OC. The molecule has 2 heterocycles. The maximum Gasteiger partial charge on any atom is 0.255 e. The number of unbranched alkanes of at least 4 members (excludes halogenated alkanes) is 1. The van der Waals surface area contributed by atoms with Gasteiger partial charge >= 0.3 is 0 Å². The molecule has 1 aliphatic heterocycles. The third-order valence-electron chi connectivity index (χ3n) is 5.47. The van der Waals surface area contributed by atoms with Crippen LogP contribution in [-0.2, 0) is 4.74 Å². The van der Waals surface area contributed by atoms with Gasteiger partial charge in [-0.3, -0.25) is 4.79 Å². The molecular formula is C22H30ClN5O3S. The molecule has 0 radical (unpaired) electrons. The lowest BCUT2D eigenvalue weighted by Crippen LogP contribution is -2.54. The van der Waals surface area contributed by atoms with E-state index in [2.05, 4.69) is 20.2 Å². The van der Waals surface area contributed by atoms with Crippen LogP contribution in [-0.4, -0.2) is 72.5 Å². The molecule has 0 saturated carbocycles. The molecule has 10 heteroatoms. The van der Waals surface area contributed by atoms with Crippen molar-refractivity contribution in [3.8, 4) is 5.75 Å². The molecule has 0 spiro atoms. The monoisotopic (exact) mass is 479 g/mol. The van der Waals surface area contributed by atoms with Gasteiger partial charge in [0.2, 0.25) is 0 Å². The van der Waals surface area contributed by atoms with E-state index in [1.165, 1.54) is 7.11 Å². The number of methoxy groups -OCH3 is 2. The van der Waals surface area contributed by atoms with Crippen molar-refractivity contribution < 1.29 is 14.3 Å². The quantitative estimate of drug-likeness (QED) is 0.232. The van der Waals surface area contributed by atoms with Gasteiger partial charge in [0.15, 0.2) is 5.16 Å². The summed E-state index contributed by atoms with van der Waals surface area (Å²) in [5.74, 6) is 1.15. The summed E-state index contributed by atoms with van der Waals surface area (Å²) in [6.45, 7) is 2.67. The van der Waals surface area contributed by atoms with Gasteiger partial charge in [-0.15, -0.1) is 0 Å². The van der Waals surface area contributed by atoms with Gasteiger partial charge in [-0.05, 0) is 37.9 Å². The molecule has 2 aromatic rings. The number of thioether (sulfide) groups is 1. The van der Waals surface area contributed by atoms with Crippen molar-refractivity contribution >= 4 is 35.0 Å². The minimum atomic E-state index is -0.246. The normalized spacial score (nSPS) is 19.0. The summed E-state index contributed by atoms with van der Waals surface area (Å²) in [6, 6.07) is 4.84. The number of nitrogens with zero attached hydrogens (tertiary/aromatic N) is 3. The van der Waals surface area contributed by atoms with Crippen molar-refractivity contribution in [1.82, 2.24) is 20.2 Å². The standard InChI is InChI=1S/C22H30ClN5O3S/c1-30-19-13-17(24)16(23)12-15(19)21(29)27-18-6-10-28(14-20(18)31-2)9-3-4-11-32-22-25-7-5-8-26-22/h5,7-8,12-13,18,20H,3-4,6,9-11,14,24H2,1-2H3,(H,27,29). The number of ether oxygens (including phenoxy) is 2. The predicted octanol–water partition coefficient (Wildman–Crippen LogP) is 3.11. The van der Waals surface area contributed by atoms with E-state index < -0.39 is 0 Å². The van der Waals surface area contributed by atoms with Crippen LogP contribution in [0.15, 0.2) is 35.7 Å². The van der Waals surface area contributed by atoms with Crippen LogP contribution in [0.1, 0.15) is 29.6 Å². The number of carbonyl (C=O) groups is 1. The zero-order valence-electron chi connectivity index (χ0n) is 18.4. The molecule has 8 nitrogen and oxygen atoms in total. The van der Waals surface area contributed by atoms with Gasteiger partial charge in [0, 0.05) is 44.4 Å². The smallest absolute Gasteiger partial charge is 0.255 e. The number of amides is 1. The van der Waals surface area contributed by atoms with Crippen molar-refractivity contribution in [3.63, 3.8) is 0 Å². The van der Waals surface area contributed by atoms with Crippen molar-refractivity contribution in [2.45, 2.75) is 36.6 Å². The minimum absolute atomic E-state index is 0.0874. The summed E-state index contributed by atoms with van der Waals surface area (Å²) in [7, 11) is 3.19. The lowest BCUT2D eigenvalue weighted by molar-refractivity contribution is 0.00611. The molecule has 32 heavy (non-hydrogen) atoms. The fourth-order valence-electron chi connectivity index (χ4n) is 3.71. The number of nitrogens with one attached hydrogen (secondary N) is 1. The first-order valence-corrected chi connectivity index (χ1v) is 12.0. The highest BCUT2D eigenvalue weighted by Gasteiger charge is 2.31. The maximum atomic E-state index is 12.9. The molecule has 1 fully saturated rings. The Balaban J connectivity index is 1.46. The number of halogens is 1. The lowest BCUT2D eigenvalue weighted by atomic mass is 10.0. The highest BCUT2D eigenvalue weighted by molar-refractivity contribution is 7.99. The summed E-state index contributed by atoms with van der Waals surface area (Å²) in [5, 5.41) is 4.23. The van der Waals surface area contributed by atoms with Crippen LogP contribution in [0.5, 0.6) is 5.75 Å². The Morgan fingerprint density at radius 1 is 1.31 bits per heavy atom. The van der Waals surface area contributed by atoms with Crippen LogP contribution >= 0.6 is 23.4 Å². The van der Waals surface area contributed by atoms with Gasteiger partial charge in [0.1, 0.15) is 5.75 Å². The maximum absolute atomic E-state index is 12.9. The number of nitrogen functional groups attached to an aromatic ring is 1. The van der Waals surface area contributed by atoms with E-state index in [-0.39, 0.29) is 18.1 Å². The van der Waals surface area contributed by atoms with Gasteiger partial charge in [-0.2, -0.15) is 0 Å². The third kappa shape index (κ3) is 6.71. The second kappa shape index (κ2) is 12.2. The topological polar surface area (TPSA) is 103 Å². The van der Waals surface area contributed by atoms with Crippen LogP contribution in [0, 0.1) is 0 Å². The second-order valence-corrected chi connectivity index (χ2v) is 9.07. The van der Waals surface area contributed by atoms with Crippen molar-refractivity contribution in [2.75, 3.05) is 45.3 Å². The number of anilines is 1. The first-order valence-electron chi connectivity index (χ1n) is 10.6. The third-order valence-corrected chi connectivity index (χ3v) is 6.76. The van der Waals surface area contributed by atoms with Crippen LogP contribution in [0.3, 0.4) is 0 Å². The highest BCUT2D eigenvalue weighted by atomic mass is 35.5. The van der Waals surface area contributed by atoms with Gasteiger partial charge in [-0.25, -0.2) is 9.97 Å². The number of rotatable bonds is 10. The van der Waals surface area contributed by atoms with E-state index in [1.54, 1.807) is 43.4 Å². The molecule has 3 rings (SSSR count). The second-order valence-electron chi connectivity index (χ2n) is 7.60. The molecule has 1 aromatic carbocycles. The fourth-order valence-corrected chi connectivity index (χ4v) is 4.68. The molecule has 2 atom stereocenters. The van der Waals surface area contributed by atoms with Crippen molar-refractivity contribution in [2.24, 2.45) is 0 Å². The first kappa shape index (κ1) is 24.6. The Morgan fingerprint density at radius 3 is 2.81 bits per heavy atom. The lowest BCUT2D eigenvalue weighted by Gasteiger charge is -2.38. The Morgan fingerprint density at radius 2 is 2.09 bits per heavy atom. The van der Waals surface area contributed by atoms with Crippen LogP contribution in [0.4, 0.5) is 5.69 Å². The Labute approximate surface area is 198 Å². The highest BCUT2D eigenvalue weighted by Crippen LogP contribution is 2.29. The number of hydrogen-bond acceptors (Lipinski definition) is 8. The van der Waals surface area contributed by atoms with E-state index in [9.17, 15) is 4.79 Å². The van der Waals surface area contributed by atoms with Gasteiger partial charge in [-0.1, -0.05) is 23.4 Å². The number of aromatic nitrogens is 2. The van der Waals surface area contributed by atoms with E-state index in [1.807, 2.05) is 6.07 Å². The van der Waals surface area contributed by atoms with Crippen LogP contribution in [0.2, 0.25) is 5.02 Å². The fraction of sp³-hybridized carbons (Fsp3) is 0.500. The van der Waals surface area contributed by atoms with Gasteiger partial charge < -0.3 is 25.4 Å². The number of piperidine rings is 1. The summed E-state index contributed by atoms with van der Waals surface area (Å²) in [6.07, 6.45) is 6.43. The molecule has 0 aliphatic carbocycles. The number of hydrogen-bond donors (Lipinski definition) is 2. The van der Waals surface area contributed by atoms with Crippen molar-refractivity contribution in [3.05, 3.63) is 41.2 Å². The molecule has 174 valence electrons. The largest absolute Gasteiger partial charge is 0.496 e. The Bertz CT molecular complexity index is 889. The van der Waals surface area contributed by atoms with E-state index in [4.69, 9.17) is 26.8 Å². The first-order chi connectivity index (χ1) is 15.5. The van der Waals surface area contributed by atoms with Crippen LogP contribution in [0.25, 0.3) is 0 Å². The molecular weight excluding hydrogens is 450 g/mol. The summed E-state index contributed by atoms with van der Waals surface area (Å²) >= 11 is 7.79. The van der Waals surface area contributed by atoms with E-state index >= 15 is 0 Å². The zero-order chi connectivity index (χ0) is 22.9. The molecule has 3 N–H and O–H groups in total. The van der Waals surface area contributed by atoms with E-state index in [0.29, 0.717) is 22.0 Å². The summed E-state index contributed by atoms with van der Waals surface area (Å²) in [5.41, 5.74) is 6.56. The average Bonchev–Trinajstić information content (AvgIpc) is 2.81. The molecule has 1 aromatic heterocycles. The van der Waals surface area contributed by atoms with Crippen LogP contribution < -0.4 is 15.8 Å². The summed E-state index contributed by atoms with van der Waals surface area (Å²) in [4.78, 5) is 23.7. The predicted molar refractivity (Wildman–Crippen MR) is 128 cm³/mol. The van der Waals surface area contributed by atoms with Gasteiger partial charge in [0.05, 0.1) is 35.5 Å². The van der Waals surface area contributed by atoms with Gasteiger partial charge in [0.25, 0.3) is 5.91 Å². The molecule has 1 aliphatic rings. The minimum Gasteiger partial charge on any atom is -0.496 e. The Hall–Kier alpha value is -2.07. The number of benzene rings is 1. The molecule has 1 amide bonds. The molecule has 2 unspecified atom stereocenters.